The Hall–Kier alpha value is -1.76. The molecule has 0 radical (unpaired) electrons. The van der Waals surface area contributed by atoms with Gasteiger partial charge in [0.05, 0.1) is 5.51 Å². The van der Waals surface area contributed by atoms with E-state index in [1.165, 1.54) is 23.7 Å². The van der Waals surface area contributed by atoms with Gasteiger partial charge in [-0.3, -0.25) is 0 Å². The van der Waals surface area contributed by atoms with E-state index < -0.39 is 6.36 Å². The van der Waals surface area contributed by atoms with Gasteiger partial charge in [0.25, 0.3) is 0 Å². The SMILES string of the molecule is Nc1scnc1-c1ccccc1OC(F)(F)F. The molecule has 7 heteroatoms. The molecule has 17 heavy (non-hydrogen) atoms. The number of nitrogens with zero attached hydrogens (tertiary/aromatic N) is 1. The minimum absolute atomic E-state index is 0.226. The number of hydrogen-bond donors (Lipinski definition) is 1. The predicted octanol–water partition coefficient (Wildman–Crippen LogP) is 3.29. The average molecular weight is 260 g/mol. The summed E-state index contributed by atoms with van der Waals surface area (Å²) in [5.41, 5.74) is 7.62. The summed E-state index contributed by atoms with van der Waals surface area (Å²) < 4.78 is 40.5. The van der Waals surface area contributed by atoms with Gasteiger partial charge in [-0.2, -0.15) is 0 Å². The van der Waals surface area contributed by atoms with Crippen molar-refractivity contribution < 1.29 is 17.9 Å². The lowest BCUT2D eigenvalue weighted by Crippen LogP contribution is -2.17. The maximum atomic E-state index is 12.2. The van der Waals surface area contributed by atoms with Crippen LogP contribution in [0.15, 0.2) is 29.8 Å². The third-order valence-electron chi connectivity index (χ3n) is 1.96. The Morgan fingerprint density at radius 2 is 1.94 bits per heavy atom. The molecule has 0 aliphatic rings. The van der Waals surface area contributed by atoms with E-state index in [2.05, 4.69) is 9.72 Å². The van der Waals surface area contributed by atoms with Crippen molar-refractivity contribution in [3.05, 3.63) is 29.8 Å². The summed E-state index contributed by atoms with van der Waals surface area (Å²) in [6, 6.07) is 5.75. The van der Waals surface area contributed by atoms with Crippen molar-refractivity contribution >= 4 is 16.3 Å². The van der Waals surface area contributed by atoms with Crippen molar-refractivity contribution in [1.82, 2.24) is 4.98 Å². The number of ether oxygens (including phenoxy) is 1. The lowest BCUT2D eigenvalue weighted by Gasteiger charge is -2.12. The molecule has 2 aromatic rings. The van der Waals surface area contributed by atoms with Crippen LogP contribution in [0.25, 0.3) is 11.3 Å². The largest absolute Gasteiger partial charge is 0.573 e. The minimum Gasteiger partial charge on any atom is -0.405 e. The third kappa shape index (κ3) is 2.68. The molecule has 0 atom stereocenters. The highest BCUT2D eigenvalue weighted by molar-refractivity contribution is 7.14. The van der Waals surface area contributed by atoms with Crippen LogP contribution < -0.4 is 10.5 Å². The van der Waals surface area contributed by atoms with Gasteiger partial charge in [0, 0.05) is 5.56 Å². The average Bonchev–Trinajstić information content (AvgIpc) is 2.63. The highest BCUT2D eigenvalue weighted by Gasteiger charge is 2.32. The second kappa shape index (κ2) is 4.25. The first-order chi connectivity index (χ1) is 7.97. The summed E-state index contributed by atoms with van der Waals surface area (Å²) in [5.74, 6) is -0.308. The van der Waals surface area contributed by atoms with Crippen molar-refractivity contribution in [3.8, 4) is 17.0 Å². The van der Waals surface area contributed by atoms with E-state index in [0.29, 0.717) is 10.7 Å². The van der Waals surface area contributed by atoms with E-state index in [9.17, 15) is 13.2 Å². The number of para-hydroxylation sites is 1. The Morgan fingerprint density at radius 3 is 2.53 bits per heavy atom. The quantitative estimate of drug-likeness (QED) is 0.901. The van der Waals surface area contributed by atoms with Crippen molar-refractivity contribution in [1.29, 1.82) is 0 Å². The molecule has 1 heterocycles. The zero-order valence-electron chi connectivity index (χ0n) is 8.36. The topological polar surface area (TPSA) is 48.1 Å². The molecule has 2 rings (SSSR count). The number of aromatic nitrogens is 1. The van der Waals surface area contributed by atoms with Crippen LogP contribution in [0.3, 0.4) is 0 Å². The highest BCUT2D eigenvalue weighted by atomic mass is 32.1. The van der Waals surface area contributed by atoms with Gasteiger partial charge in [-0.15, -0.1) is 24.5 Å². The number of alkyl halides is 3. The molecular formula is C10H7F3N2OS. The van der Waals surface area contributed by atoms with E-state index in [1.807, 2.05) is 0 Å². The number of nitrogen functional groups attached to an aromatic ring is 1. The second-order valence-corrected chi connectivity index (χ2v) is 4.00. The van der Waals surface area contributed by atoms with Gasteiger partial charge in [0.1, 0.15) is 16.4 Å². The first kappa shape index (κ1) is 11.7. The Bertz CT molecular complexity index is 524. The van der Waals surface area contributed by atoms with Crippen molar-refractivity contribution in [2.45, 2.75) is 6.36 Å². The van der Waals surface area contributed by atoms with E-state index in [-0.39, 0.29) is 11.3 Å². The van der Waals surface area contributed by atoms with Crippen LogP contribution in [0, 0.1) is 0 Å². The lowest BCUT2D eigenvalue weighted by atomic mass is 10.1. The maximum absolute atomic E-state index is 12.2. The van der Waals surface area contributed by atoms with Crippen LogP contribution in [0.1, 0.15) is 0 Å². The Kier molecular flexibility index (Phi) is 2.93. The maximum Gasteiger partial charge on any atom is 0.573 e. The molecule has 0 amide bonds. The van der Waals surface area contributed by atoms with Crippen LogP contribution >= 0.6 is 11.3 Å². The fourth-order valence-corrected chi connectivity index (χ4v) is 1.88. The second-order valence-electron chi connectivity index (χ2n) is 3.11. The highest BCUT2D eigenvalue weighted by Crippen LogP contribution is 2.36. The van der Waals surface area contributed by atoms with E-state index >= 15 is 0 Å². The molecule has 0 aliphatic heterocycles. The Morgan fingerprint density at radius 1 is 1.24 bits per heavy atom. The summed E-state index contributed by atoms with van der Waals surface area (Å²) in [4.78, 5) is 3.92. The molecule has 0 unspecified atom stereocenters. The number of thiazole rings is 1. The first-order valence-corrected chi connectivity index (χ1v) is 5.39. The zero-order valence-corrected chi connectivity index (χ0v) is 9.18. The van der Waals surface area contributed by atoms with Crippen LogP contribution in [0.2, 0.25) is 0 Å². The first-order valence-electron chi connectivity index (χ1n) is 4.51. The summed E-state index contributed by atoms with van der Waals surface area (Å²) in [5, 5.41) is 0.350. The molecule has 90 valence electrons. The summed E-state index contributed by atoms with van der Waals surface area (Å²) in [6.45, 7) is 0. The van der Waals surface area contributed by atoms with Gasteiger partial charge < -0.3 is 10.5 Å². The fourth-order valence-electron chi connectivity index (χ4n) is 1.33. The molecule has 3 nitrogen and oxygen atoms in total. The summed E-state index contributed by atoms with van der Waals surface area (Å²) in [7, 11) is 0. The van der Waals surface area contributed by atoms with Gasteiger partial charge in [-0.25, -0.2) is 4.98 Å². The summed E-state index contributed by atoms with van der Waals surface area (Å²) in [6.07, 6.45) is -4.74. The molecule has 0 bridgehead atoms. The lowest BCUT2D eigenvalue weighted by molar-refractivity contribution is -0.274. The number of hydrogen-bond acceptors (Lipinski definition) is 4. The molecule has 0 saturated carbocycles. The third-order valence-corrected chi connectivity index (χ3v) is 2.62. The Balaban J connectivity index is 2.45. The monoisotopic (exact) mass is 260 g/mol. The molecule has 2 N–H and O–H groups in total. The molecule has 1 aromatic carbocycles. The molecule has 0 saturated heterocycles. The zero-order chi connectivity index (χ0) is 12.5. The number of anilines is 1. The van der Waals surface area contributed by atoms with Gasteiger partial charge in [0.15, 0.2) is 0 Å². The molecule has 0 fully saturated rings. The number of nitrogens with two attached hydrogens (primary N) is 1. The Labute approximate surface area is 98.7 Å². The van der Waals surface area contributed by atoms with Crippen LogP contribution in [-0.4, -0.2) is 11.3 Å². The molecule has 0 spiro atoms. The van der Waals surface area contributed by atoms with E-state index in [4.69, 9.17) is 5.73 Å². The van der Waals surface area contributed by atoms with Gasteiger partial charge in [-0.05, 0) is 12.1 Å². The molecule has 0 aliphatic carbocycles. The smallest absolute Gasteiger partial charge is 0.405 e. The van der Waals surface area contributed by atoms with E-state index in [0.717, 1.165) is 11.3 Å². The number of halogens is 3. The minimum atomic E-state index is -4.74. The summed E-state index contributed by atoms with van der Waals surface area (Å²) >= 11 is 1.16. The fraction of sp³-hybridized carbons (Fsp3) is 0.100. The van der Waals surface area contributed by atoms with Crippen LogP contribution in [0.4, 0.5) is 18.2 Å². The normalized spacial score (nSPS) is 11.5. The van der Waals surface area contributed by atoms with Gasteiger partial charge in [0.2, 0.25) is 0 Å². The molecule has 1 aromatic heterocycles. The number of benzene rings is 1. The van der Waals surface area contributed by atoms with Gasteiger partial charge >= 0.3 is 6.36 Å². The molecular weight excluding hydrogens is 253 g/mol. The van der Waals surface area contributed by atoms with Crippen LogP contribution in [0.5, 0.6) is 5.75 Å². The standard InChI is InChI=1S/C10H7F3N2OS/c11-10(12,13)16-7-4-2-1-3-6(7)8-9(14)17-5-15-8/h1-5H,14H2. The van der Waals surface area contributed by atoms with Crippen molar-refractivity contribution in [2.24, 2.45) is 0 Å². The van der Waals surface area contributed by atoms with Crippen molar-refractivity contribution in [2.75, 3.05) is 5.73 Å². The van der Waals surface area contributed by atoms with E-state index in [1.54, 1.807) is 6.07 Å². The van der Waals surface area contributed by atoms with Crippen molar-refractivity contribution in [3.63, 3.8) is 0 Å². The van der Waals surface area contributed by atoms with Crippen LogP contribution in [-0.2, 0) is 0 Å². The number of rotatable bonds is 2. The predicted molar refractivity (Wildman–Crippen MR) is 58.6 cm³/mol. The van der Waals surface area contributed by atoms with Gasteiger partial charge in [-0.1, -0.05) is 12.1 Å².